The standard InChI is InChI=1S/C25H26N6O4/c32-28-15-21-14-20(8-11-23(21)29-33)24(30-34)16-26-13-12-18-6-9-22(10-7-18)27-17-25(31-35)19-4-2-1-3-5-19/h1-11,14,24-27H,12-13,15-17H2/t24?,25-/m1/s1. The highest BCUT2D eigenvalue weighted by Crippen LogP contribution is 2.26. The maximum atomic E-state index is 11.4. The Labute approximate surface area is 202 Å². The van der Waals surface area contributed by atoms with Gasteiger partial charge in [0, 0.05) is 24.3 Å². The first-order valence-corrected chi connectivity index (χ1v) is 11.2. The monoisotopic (exact) mass is 474 g/mol. The van der Waals surface area contributed by atoms with Crippen LogP contribution in [0.1, 0.15) is 34.3 Å². The Balaban J connectivity index is 1.46. The Morgan fingerprint density at radius 1 is 0.743 bits per heavy atom. The van der Waals surface area contributed by atoms with Gasteiger partial charge in [0.05, 0.1) is 0 Å². The second-order valence-electron chi connectivity index (χ2n) is 7.95. The van der Waals surface area contributed by atoms with Gasteiger partial charge >= 0.3 is 0 Å². The zero-order valence-corrected chi connectivity index (χ0v) is 19.0. The molecule has 2 N–H and O–H groups in total. The molecule has 0 radical (unpaired) electrons. The van der Waals surface area contributed by atoms with Crippen LogP contribution in [0.15, 0.2) is 93.5 Å². The lowest BCUT2D eigenvalue weighted by Gasteiger charge is -2.13. The Kier molecular flexibility index (Phi) is 9.82. The number of nitroso groups, excluding NO2 is 4. The molecule has 10 nitrogen and oxygen atoms in total. The summed E-state index contributed by atoms with van der Waals surface area (Å²) in [4.78, 5) is 44.0. The van der Waals surface area contributed by atoms with Crippen LogP contribution in [-0.4, -0.2) is 19.6 Å². The Hall–Kier alpha value is -4.18. The Morgan fingerprint density at radius 2 is 1.46 bits per heavy atom. The SMILES string of the molecule is O=NCc1cc(C(CNCCc2ccc(NC[C@@H](N=O)c3ccccc3)cc2)N=O)ccc1N=O. The third-order valence-electron chi connectivity index (χ3n) is 5.64. The van der Waals surface area contributed by atoms with Crippen LogP contribution in [0.25, 0.3) is 0 Å². The van der Waals surface area contributed by atoms with Crippen molar-refractivity contribution in [2.75, 3.05) is 25.0 Å². The van der Waals surface area contributed by atoms with Gasteiger partial charge in [0.25, 0.3) is 0 Å². The van der Waals surface area contributed by atoms with Crippen molar-refractivity contribution in [3.8, 4) is 0 Å². The molecule has 0 saturated carbocycles. The van der Waals surface area contributed by atoms with E-state index in [9.17, 15) is 19.6 Å². The van der Waals surface area contributed by atoms with Gasteiger partial charge in [0.2, 0.25) is 0 Å². The van der Waals surface area contributed by atoms with Gasteiger partial charge in [0.15, 0.2) is 0 Å². The molecule has 1 unspecified atom stereocenters. The highest BCUT2D eigenvalue weighted by Gasteiger charge is 2.15. The first kappa shape index (κ1) is 25.4. The van der Waals surface area contributed by atoms with Crippen LogP contribution in [0, 0.1) is 19.6 Å². The normalized spacial score (nSPS) is 12.3. The lowest BCUT2D eigenvalue weighted by atomic mass is 10.0. The lowest BCUT2D eigenvalue weighted by molar-refractivity contribution is 0.597. The van der Waals surface area contributed by atoms with E-state index in [2.05, 4.69) is 31.3 Å². The van der Waals surface area contributed by atoms with E-state index in [1.165, 1.54) is 6.07 Å². The molecule has 0 aliphatic carbocycles. The van der Waals surface area contributed by atoms with Crippen molar-refractivity contribution >= 4 is 11.4 Å². The predicted octanol–water partition coefficient (Wildman–Crippen LogP) is 5.91. The molecule has 0 saturated heterocycles. The summed E-state index contributed by atoms with van der Waals surface area (Å²) in [7, 11) is 0. The molecule has 0 spiro atoms. The number of rotatable bonds is 15. The molecular formula is C25H26N6O4. The second kappa shape index (κ2) is 13.5. The number of benzene rings is 3. The highest BCUT2D eigenvalue weighted by molar-refractivity contribution is 5.48. The molecule has 0 aliphatic heterocycles. The van der Waals surface area contributed by atoms with E-state index in [1.54, 1.807) is 12.1 Å². The Morgan fingerprint density at radius 3 is 2.11 bits per heavy atom. The van der Waals surface area contributed by atoms with E-state index in [0.717, 1.165) is 23.2 Å². The van der Waals surface area contributed by atoms with Crippen molar-refractivity contribution in [3.63, 3.8) is 0 Å². The molecular weight excluding hydrogens is 448 g/mol. The van der Waals surface area contributed by atoms with Crippen LogP contribution < -0.4 is 10.6 Å². The van der Waals surface area contributed by atoms with Crippen molar-refractivity contribution in [1.29, 1.82) is 0 Å². The summed E-state index contributed by atoms with van der Waals surface area (Å²) in [5, 5.41) is 18.5. The lowest BCUT2D eigenvalue weighted by Crippen LogP contribution is -2.23. The summed E-state index contributed by atoms with van der Waals surface area (Å²) in [6.45, 7) is 1.14. The van der Waals surface area contributed by atoms with Crippen LogP contribution >= 0.6 is 0 Å². The molecule has 35 heavy (non-hydrogen) atoms. The molecule has 0 aromatic heterocycles. The van der Waals surface area contributed by atoms with Crippen molar-refractivity contribution < 1.29 is 0 Å². The van der Waals surface area contributed by atoms with Gasteiger partial charge in [-0.2, -0.15) is 14.7 Å². The molecule has 180 valence electrons. The van der Waals surface area contributed by atoms with E-state index < -0.39 is 12.1 Å². The van der Waals surface area contributed by atoms with Gasteiger partial charge in [-0.3, -0.25) is 0 Å². The van der Waals surface area contributed by atoms with Gasteiger partial charge < -0.3 is 10.6 Å². The van der Waals surface area contributed by atoms with E-state index in [0.29, 0.717) is 30.8 Å². The zero-order valence-electron chi connectivity index (χ0n) is 19.0. The highest BCUT2D eigenvalue weighted by atomic mass is 16.3. The summed E-state index contributed by atoms with van der Waals surface area (Å²) in [6.07, 6.45) is 0.739. The first-order valence-electron chi connectivity index (χ1n) is 11.2. The van der Waals surface area contributed by atoms with Crippen LogP contribution in [0.4, 0.5) is 11.4 Å². The van der Waals surface area contributed by atoms with Crippen LogP contribution in [-0.2, 0) is 13.0 Å². The van der Waals surface area contributed by atoms with Gasteiger partial charge in [0.1, 0.15) is 24.3 Å². The minimum atomic E-state index is -0.670. The van der Waals surface area contributed by atoms with Crippen LogP contribution in [0.3, 0.4) is 0 Å². The third kappa shape index (κ3) is 7.41. The molecule has 0 aliphatic rings. The van der Waals surface area contributed by atoms with Crippen molar-refractivity contribution in [3.05, 3.63) is 115 Å². The number of nitrogens with one attached hydrogen (secondary N) is 2. The number of hydrogen-bond donors (Lipinski definition) is 2. The van der Waals surface area contributed by atoms with Crippen molar-refractivity contribution in [2.24, 2.45) is 20.7 Å². The fourth-order valence-electron chi connectivity index (χ4n) is 3.68. The number of hydrogen-bond acceptors (Lipinski definition) is 10. The summed E-state index contributed by atoms with van der Waals surface area (Å²) < 4.78 is 0. The largest absolute Gasteiger partial charge is 0.382 e. The Bertz CT molecular complexity index is 1120. The van der Waals surface area contributed by atoms with E-state index in [-0.39, 0.29) is 12.2 Å². The fourth-order valence-corrected chi connectivity index (χ4v) is 3.68. The predicted molar refractivity (Wildman–Crippen MR) is 136 cm³/mol. The minimum absolute atomic E-state index is 0.127. The molecule has 3 rings (SSSR count). The number of anilines is 1. The van der Waals surface area contributed by atoms with Gasteiger partial charge in [-0.1, -0.05) is 64.1 Å². The maximum Gasteiger partial charge on any atom is 0.134 e. The molecule has 0 bridgehead atoms. The minimum Gasteiger partial charge on any atom is -0.382 e. The average Bonchev–Trinajstić information content (AvgIpc) is 2.90. The average molecular weight is 475 g/mol. The van der Waals surface area contributed by atoms with Crippen molar-refractivity contribution in [1.82, 2.24) is 5.32 Å². The zero-order chi connectivity index (χ0) is 24.9. The van der Waals surface area contributed by atoms with Crippen LogP contribution in [0.2, 0.25) is 0 Å². The first-order chi connectivity index (χ1) is 17.2. The van der Waals surface area contributed by atoms with Crippen molar-refractivity contribution in [2.45, 2.75) is 25.0 Å². The summed E-state index contributed by atoms with van der Waals surface area (Å²) >= 11 is 0. The van der Waals surface area contributed by atoms with E-state index >= 15 is 0 Å². The topological polar surface area (TPSA) is 142 Å². The van der Waals surface area contributed by atoms with Crippen LogP contribution in [0.5, 0.6) is 0 Å². The third-order valence-corrected chi connectivity index (χ3v) is 5.64. The molecule has 0 heterocycles. The molecule has 3 aromatic rings. The van der Waals surface area contributed by atoms with Gasteiger partial charge in [-0.25, -0.2) is 0 Å². The van der Waals surface area contributed by atoms with Gasteiger partial charge in [-0.05, 0) is 59.1 Å². The van der Waals surface area contributed by atoms with Gasteiger partial charge in [-0.15, -0.1) is 4.91 Å². The molecule has 3 aromatic carbocycles. The molecule has 2 atom stereocenters. The quantitative estimate of drug-likeness (QED) is 0.207. The van der Waals surface area contributed by atoms with E-state index in [4.69, 9.17) is 0 Å². The summed E-state index contributed by atoms with van der Waals surface area (Å²) in [5.74, 6) is 0. The van der Waals surface area contributed by atoms with E-state index in [1.807, 2.05) is 54.6 Å². The summed E-state index contributed by atoms with van der Waals surface area (Å²) in [6, 6.07) is 20.8. The molecule has 10 heteroatoms. The molecule has 0 amide bonds. The number of nitrogens with zero attached hydrogens (tertiary/aromatic N) is 4. The smallest absolute Gasteiger partial charge is 0.134 e. The maximum absolute atomic E-state index is 11.4. The summed E-state index contributed by atoms with van der Waals surface area (Å²) in [5.41, 5.74) is 3.95. The molecule has 0 fully saturated rings. The second-order valence-corrected chi connectivity index (χ2v) is 7.95. The fraction of sp³-hybridized carbons (Fsp3) is 0.280.